The molecule has 3 amide bonds. The monoisotopic (exact) mass is 450 g/mol. The van der Waals surface area contributed by atoms with Crippen LogP contribution in [0.4, 0.5) is 9.59 Å². The molecular weight excluding hydrogens is 420 g/mol. The van der Waals surface area contributed by atoms with Crippen molar-refractivity contribution in [3.8, 4) is 0 Å². The molecule has 0 aromatic heterocycles. The van der Waals surface area contributed by atoms with E-state index in [1.807, 2.05) is 20.8 Å². The van der Waals surface area contributed by atoms with Crippen molar-refractivity contribution in [2.75, 3.05) is 19.6 Å². The van der Waals surface area contributed by atoms with E-state index in [1.54, 1.807) is 4.90 Å². The highest BCUT2D eigenvalue weighted by atomic mass is 32.3. The lowest BCUT2D eigenvalue weighted by Gasteiger charge is -2.38. The van der Waals surface area contributed by atoms with E-state index < -0.39 is 40.3 Å². The molecule has 12 nitrogen and oxygen atoms in total. The Morgan fingerprint density at radius 2 is 1.83 bits per heavy atom. The van der Waals surface area contributed by atoms with Crippen LogP contribution in [0.15, 0.2) is 0 Å². The van der Waals surface area contributed by atoms with Gasteiger partial charge < -0.3 is 19.6 Å². The lowest BCUT2D eigenvalue weighted by molar-refractivity contribution is -0.0323. The number of carbonyl (C=O) groups excluding carboxylic acids is 2. The molecule has 3 atom stereocenters. The van der Waals surface area contributed by atoms with E-state index in [-0.39, 0.29) is 18.7 Å². The molecule has 3 fully saturated rings. The number of rotatable bonds is 5. The third-order valence-electron chi connectivity index (χ3n) is 5.46. The molecule has 0 radical (unpaired) electrons. The third-order valence-corrected chi connectivity index (χ3v) is 5.81. The Balaban J connectivity index is 1.51. The molecule has 3 aliphatic rings. The number of hydrogen-bond donors (Lipinski definition) is 3. The minimum atomic E-state index is -4.81. The molecule has 172 valence electrons. The predicted octanol–water partition coefficient (Wildman–Crippen LogP) is 0.297. The zero-order chi connectivity index (χ0) is 22.3. The number of urea groups is 1. The lowest BCUT2D eigenvalue weighted by Crippen LogP contribution is -2.56. The first-order valence-corrected chi connectivity index (χ1v) is 11.4. The smallest absolute Gasteiger partial charge is 0.418 e. The van der Waals surface area contributed by atoms with Gasteiger partial charge in [-0.2, -0.15) is 13.5 Å². The molecule has 3 N–H and O–H groups in total. The number of fused-ring (bicyclic) bond motifs is 2. The number of hydroxylamine groups is 2. The molecule has 3 rings (SSSR count). The van der Waals surface area contributed by atoms with Gasteiger partial charge in [0.05, 0.1) is 12.1 Å². The summed E-state index contributed by atoms with van der Waals surface area (Å²) in [5, 5.41) is 14.4. The Kier molecular flexibility index (Phi) is 6.49. The molecule has 0 aliphatic carbocycles. The van der Waals surface area contributed by atoms with E-state index in [0.717, 1.165) is 0 Å². The molecule has 3 aliphatic heterocycles. The van der Waals surface area contributed by atoms with Crippen LogP contribution in [0, 0.1) is 0 Å². The zero-order valence-electron chi connectivity index (χ0n) is 17.4. The maximum absolute atomic E-state index is 12.5. The van der Waals surface area contributed by atoms with Crippen molar-refractivity contribution in [2.45, 2.75) is 76.4 Å². The molecule has 0 aromatic rings. The van der Waals surface area contributed by atoms with Crippen molar-refractivity contribution in [3.05, 3.63) is 0 Å². The van der Waals surface area contributed by atoms with E-state index >= 15 is 0 Å². The van der Waals surface area contributed by atoms with Gasteiger partial charge in [-0.1, -0.05) is 0 Å². The first-order valence-electron chi connectivity index (χ1n) is 10.0. The summed E-state index contributed by atoms with van der Waals surface area (Å²) in [7, 11) is -4.81. The zero-order valence-corrected chi connectivity index (χ0v) is 18.2. The van der Waals surface area contributed by atoms with Gasteiger partial charge in [-0.05, 0) is 46.5 Å². The van der Waals surface area contributed by atoms with Crippen LogP contribution in [0.25, 0.3) is 0 Å². The summed E-state index contributed by atoms with van der Waals surface area (Å²) in [5.41, 5.74) is -0.559. The van der Waals surface area contributed by atoms with Crippen LogP contribution in [0.1, 0.15) is 46.5 Å². The SMILES string of the molecule is CC(C)(C)OC(=O)N1CCC(NC(O)[C@@H]2CC[C@@H]3CN2C(=O)N3OS(=O)(=O)O)CC1. The summed E-state index contributed by atoms with van der Waals surface area (Å²) in [6, 6.07) is -1.80. The van der Waals surface area contributed by atoms with Gasteiger partial charge in [0, 0.05) is 25.7 Å². The Morgan fingerprint density at radius 1 is 1.20 bits per heavy atom. The summed E-state index contributed by atoms with van der Waals surface area (Å²) in [5.74, 6) is 0. The number of hydrogen-bond acceptors (Lipinski definition) is 8. The average molecular weight is 451 g/mol. The summed E-state index contributed by atoms with van der Waals surface area (Å²) in [6.07, 6.45) is 0.750. The maximum Gasteiger partial charge on any atom is 0.418 e. The number of aliphatic hydroxyl groups is 1. The molecule has 1 unspecified atom stereocenters. The van der Waals surface area contributed by atoms with Crippen molar-refractivity contribution in [1.82, 2.24) is 20.2 Å². The van der Waals surface area contributed by atoms with Crippen LogP contribution in [-0.4, -0.2) is 94.7 Å². The van der Waals surface area contributed by atoms with Gasteiger partial charge in [0.1, 0.15) is 11.8 Å². The van der Waals surface area contributed by atoms with Gasteiger partial charge in [0.2, 0.25) is 0 Å². The molecule has 0 saturated carbocycles. The van der Waals surface area contributed by atoms with Crippen LogP contribution in [-0.2, 0) is 19.4 Å². The van der Waals surface area contributed by atoms with E-state index in [1.165, 1.54) is 4.90 Å². The second kappa shape index (κ2) is 8.46. The third kappa shape index (κ3) is 5.52. The molecule has 30 heavy (non-hydrogen) atoms. The average Bonchev–Trinajstić information content (AvgIpc) is 2.84. The highest BCUT2D eigenvalue weighted by Gasteiger charge is 2.49. The number of ether oxygens (including phenoxy) is 1. The van der Waals surface area contributed by atoms with Gasteiger partial charge in [0.15, 0.2) is 0 Å². The summed E-state index contributed by atoms with van der Waals surface area (Å²) in [6.45, 7) is 6.62. The highest BCUT2D eigenvalue weighted by Crippen LogP contribution is 2.32. The summed E-state index contributed by atoms with van der Waals surface area (Å²) < 4.78 is 40.6. The molecule has 0 spiro atoms. The predicted molar refractivity (Wildman–Crippen MR) is 103 cm³/mol. The van der Waals surface area contributed by atoms with E-state index in [9.17, 15) is 23.1 Å². The van der Waals surface area contributed by atoms with Crippen LogP contribution in [0.2, 0.25) is 0 Å². The minimum Gasteiger partial charge on any atom is -0.444 e. The first-order chi connectivity index (χ1) is 13.8. The fourth-order valence-corrected chi connectivity index (χ4v) is 4.49. The van der Waals surface area contributed by atoms with Crippen LogP contribution in [0.5, 0.6) is 0 Å². The van der Waals surface area contributed by atoms with Gasteiger partial charge in [-0.15, -0.1) is 4.28 Å². The topological polar surface area (TPSA) is 149 Å². The fourth-order valence-electron chi connectivity index (χ4n) is 4.10. The van der Waals surface area contributed by atoms with Crippen molar-refractivity contribution in [1.29, 1.82) is 0 Å². The van der Waals surface area contributed by atoms with Crippen LogP contribution in [0.3, 0.4) is 0 Å². The number of piperidine rings is 2. The van der Waals surface area contributed by atoms with Crippen molar-refractivity contribution in [2.24, 2.45) is 0 Å². The van der Waals surface area contributed by atoms with E-state index in [2.05, 4.69) is 9.60 Å². The quantitative estimate of drug-likeness (QED) is 0.397. The van der Waals surface area contributed by atoms with Crippen LogP contribution >= 0.6 is 0 Å². The van der Waals surface area contributed by atoms with Gasteiger partial charge in [-0.25, -0.2) is 9.59 Å². The first kappa shape index (κ1) is 23.0. The fraction of sp³-hybridized carbons (Fsp3) is 0.882. The molecule has 0 aromatic carbocycles. The van der Waals surface area contributed by atoms with Crippen molar-refractivity contribution in [3.63, 3.8) is 0 Å². The standard InChI is InChI=1S/C17H30N4O8S/c1-17(2,3)28-16(24)19-8-6-11(7-9-19)18-14(22)13-5-4-12-10-20(13)15(23)21(12)29-30(25,26)27/h11-14,18,22H,4-10H2,1-3H3,(H,25,26,27)/t12-,13+,14?/m1/s1. The number of likely N-dealkylation sites (tertiary alicyclic amines) is 1. The Hall–Kier alpha value is -1.67. The summed E-state index contributed by atoms with van der Waals surface area (Å²) in [4.78, 5) is 27.6. The second-order valence-electron chi connectivity index (χ2n) is 8.91. The molecule has 2 bridgehead atoms. The number of aliphatic hydroxyl groups excluding tert-OH is 1. The Morgan fingerprint density at radius 3 is 2.40 bits per heavy atom. The number of nitrogens with zero attached hydrogens (tertiary/aromatic N) is 3. The van der Waals surface area contributed by atoms with Gasteiger partial charge in [-0.3, -0.25) is 9.87 Å². The molecule has 13 heteroatoms. The van der Waals surface area contributed by atoms with Crippen molar-refractivity contribution < 1.29 is 36.7 Å². The second-order valence-corrected chi connectivity index (χ2v) is 9.92. The maximum atomic E-state index is 12.5. The molecule has 3 saturated heterocycles. The Labute approximate surface area is 176 Å². The molecular formula is C17H30N4O8S. The van der Waals surface area contributed by atoms with Crippen molar-refractivity contribution >= 4 is 22.5 Å². The lowest BCUT2D eigenvalue weighted by atomic mass is 9.98. The van der Waals surface area contributed by atoms with Gasteiger partial charge in [0.25, 0.3) is 0 Å². The summed E-state index contributed by atoms with van der Waals surface area (Å²) >= 11 is 0. The highest BCUT2D eigenvalue weighted by molar-refractivity contribution is 7.80. The largest absolute Gasteiger partial charge is 0.444 e. The van der Waals surface area contributed by atoms with E-state index in [4.69, 9.17) is 9.29 Å². The van der Waals surface area contributed by atoms with Gasteiger partial charge >= 0.3 is 22.5 Å². The number of nitrogens with one attached hydrogen (secondary N) is 1. The number of carbonyl (C=O) groups is 2. The normalized spacial score (nSPS) is 26.8. The van der Waals surface area contributed by atoms with Crippen LogP contribution < -0.4 is 5.32 Å². The van der Waals surface area contributed by atoms with E-state index in [0.29, 0.717) is 43.8 Å². The minimum absolute atomic E-state index is 0.0423. The Bertz CT molecular complexity index is 762. The number of amides is 3. The molecule has 3 heterocycles.